The topological polar surface area (TPSA) is 63.5 Å². The number of likely N-dealkylation sites (tertiary alicyclic amines) is 1. The first kappa shape index (κ1) is 15.8. The molecule has 122 valence electrons. The third kappa shape index (κ3) is 3.30. The lowest BCUT2D eigenvalue weighted by atomic mass is 10.2. The van der Waals surface area contributed by atoms with Crippen molar-refractivity contribution in [2.24, 2.45) is 0 Å². The summed E-state index contributed by atoms with van der Waals surface area (Å²) in [5.74, 6) is 1.01. The van der Waals surface area contributed by atoms with Crippen LogP contribution in [0.2, 0.25) is 0 Å². The van der Waals surface area contributed by atoms with Crippen LogP contribution in [0.15, 0.2) is 18.3 Å². The summed E-state index contributed by atoms with van der Waals surface area (Å²) in [7, 11) is 0. The summed E-state index contributed by atoms with van der Waals surface area (Å²) in [6, 6.07) is 5.73. The molecule has 3 heterocycles. The highest BCUT2D eigenvalue weighted by Crippen LogP contribution is 2.19. The van der Waals surface area contributed by atoms with Crippen molar-refractivity contribution in [1.82, 2.24) is 14.8 Å². The van der Waals surface area contributed by atoms with E-state index in [1.54, 1.807) is 18.3 Å². The zero-order chi connectivity index (χ0) is 16.2. The minimum absolute atomic E-state index is 0.0607. The number of piperazine rings is 1. The van der Waals surface area contributed by atoms with E-state index in [2.05, 4.69) is 20.9 Å². The first-order valence-corrected chi connectivity index (χ1v) is 8.33. The first-order chi connectivity index (χ1) is 11.2. The summed E-state index contributed by atoms with van der Waals surface area (Å²) in [6.45, 7) is 7.06. The maximum absolute atomic E-state index is 12.5. The van der Waals surface area contributed by atoms with Gasteiger partial charge >= 0.3 is 0 Å². The number of carbonyl (C=O) groups is 1. The number of hydrogen-bond donors (Lipinski definition) is 0. The summed E-state index contributed by atoms with van der Waals surface area (Å²) in [6.07, 6.45) is 3.98. The molecule has 23 heavy (non-hydrogen) atoms. The summed E-state index contributed by atoms with van der Waals surface area (Å²) < 4.78 is 0. The normalized spacial score (nSPS) is 20.3. The third-order valence-corrected chi connectivity index (χ3v) is 4.84. The van der Waals surface area contributed by atoms with E-state index in [9.17, 15) is 10.1 Å². The van der Waals surface area contributed by atoms with Gasteiger partial charge in [-0.15, -0.1) is 0 Å². The van der Waals surface area contributed by atoms with Gasteiger partial charge in [-0.2, -0.15) is 5.26 Å². The number of nitrogens with zero attached hydrogens (tertiary/aromatic N) is 5. The highest BCUT2D eigenvalue weighted by atomic mass is 16.2. The Morgan fingerprint density at radius 2 is 1.91 bits per heavy atom. The van der Waals surface area contributed by atoms with E-state index in [0.717, 1.165) is 57.9 Å². The van der Waals surface area contributed by atoms with Gasteiger partial charge in [0.1, 0.15) is 11.9 Å². The lowest BCUT2D eigenvalue weighted by Gasteiger charge is -2.39. The van der Waals surface area contributed by atoms with Crippen molar-refractivity contribution in [3.05, 3.63) is 23.9 Å². The van der Waals surface area contributed by atoms with Gasteiger partial charge in [0.25, 0.3) is 0 Å². The second-order valence-corrected chi connectivity index (χ2v) is 6.22. The number of hydrogen-bond acceptors (Lipinski definition) is 5. The number of rotatable bonds is 3. The molecule has 1 aromatic heterocycles. The summed E-state index contributed by atoms with van der Waals surface area (Å²) in [5, 5.41) is 9.21. The second kappa shape index (κ2) is 6.97. The fraction of sp³-hybridized carbons (Fsp3) is 0.588. The van der Waals surface area contributed by atoms with Gasteiger partial charge in [-0.1, -0.05) is 0 Å². The highest BCUT2D eigenvalue weighted by molar-refractivity contribution is 5.81. The first-order valence-electron chi connectivity index (χ1n) is 8.33. The number of pyridine rings is 1. The van der Waals surface area contributed by atoms with Crippen LogP contribution in [0.4, 0.5) is 5.82 Å². The Balaban J connectivity index is 1.60. The summed E-state index contributed by atoms with van der Waals surface area (Å²) >= 11 is 0. The van der Waals surface area contributed by atoms with Gasteiger partial charge in [0, 0.05) is 45.5 Å². The molecule has 0 aromatic carbocycles. The molecule has 6 heteroatoms. The molecule has 2 aliphatic rings. The molecule has 2 saturated heterocycles. The smallest absolute Gasteiger partial charge is 0.239 e. The molecule has 2 aliphatic heterocycles. The van der Waals surface area contributed by atoms with Crippen LogP contribution in [0.3, 0.4) is 0 Å². The number of anilines is 1. The van der Waals surface area contributed by atoms with Crippen molar-refractivity contribution in [2.45, 2.75) is 25.8 Å². The van der Waals surface area contributed by atoms with Gasteiger partial charge in [-0.25, -0.2) is 4.98 Å². The van der Waals surface area contributed by atoms with Gasteiger partial charge in [0.2, 0.25) is 5.91 Å². The van der Waals surface area contributed by atoms with Crippen LogP contribution in [0.5, 0.6) is 0 Å². The molecule has 0 bridgehead atoms. The Morgan fingerprint density at radius 1 is 1.22 bits per heavy atom. The van der Waals surface area contributed by atoms with E-state index in [4.69, 9.17) is 0 Å². The molecule has 3 rings (SSSR count). The zero-order valence-electron chi connectivity index (χ0n) is 13.6. The molecule has 1 amide bonds. The fourth-order valence-electron chi connectivity index (χ4n) is 3.42. The van der Waals surface area contributed by atoms with Gasteiger partial charge in [-0.3, -0.25) is 9.69 Å². The molecular formula is C17H23N5O. The number of aromatic nitrogens is 1. The van der Waals surface area contributed by atoms with Crippen LogP contribution >= 0.6 is 0 Å². The highest BCUT2D eigenvalue weighted by Gasteiger charge is 2.30. The molecule has 0 saturated carbocycles. The van der Waals surface area contributed by atoms with Gasteiger partial charge in [0.05, 0.1) is 11.6 Å². The molecule has 0 radical (unpaired) electrons. The quantitative estimate of drug-likeness (QED) is 0.836. The number of nitriles is 1. The molecule has 2 fully saturated rings. The lowest BCUT2D eigenvalue weighted by molar-refractivity contribution is -0.135. The molecule has 1 unspecified atom stereocenters. The number of amides is 1. The van der Waals surface area contributed by atoms with Crippen molar-refractivity contribution >= 4 is 11.7 Å². The van der Waals surface area contributed by atoms with Crippen LogP contribution in [0.1, 0.15) is 25.3 Å². The molecular weight excluding hydrogens is 290 g/mol. The van der Waals surface area contributed by atoms with Crippen LogP contribution < -0.4 is 4.90 Å². The monoisotopic (exact) mass is 313 g/mol. The summed E-state index contributed by atoms with van der Waals surface area (Å²) in [5.41, 5.74) is 0.613. The van der Waals surface area contributed by atoms with Crippen LogP contribution in [0.25, 0.3) is 0 Å². The molecule has 0 spiro atoms. The third-order valence-electron chi connectivity index (χ3n) is 4.84. The molecule has 6 nitrogen and oxygen atoms in total. The maximum Gasteiger partial charge on any atom is 0.239 e. The van der Waals surface area contributed by atoms with Crippen LogP contribution in [0, 0.1) is 11.3 Å². The van der Waals surface area contributed by atoms with Crippen molar-refractivity contribution < 1.29 is 4.79 Å². The van der Waals surface area contributed by atoms with E-state index >= 15 is 0 Å². The standard InChI is InChI=1S/C17H23N5O/c1-14(17(23)22-7-2-3-8-22)20-9-11-21(12-10-20)16-15(13-18)5-4-6-19-16/h4-6,14H,2-3,7-12H2,1H3. The van der Waals surface area contributed by atoms with Crippen LogP contribution in [-0.2, 0) is 4.79 Å². The largest absolute Gasteiger partial charge is 0.353 e. The predicted octanol–water partition coefficient (Wildman–Crippen LogP) is 1.09. The number of carbonyl (C=O) groups excluding carboxylic acids is 1. The van der Waals surface area contributed by atoms with E-state index in [0.29, 0.717) is 5.56 Å². The molecule has 1 atom stereocenters. The van der Waals surface area contributed by atoms with Gasteiger partial charge < -0.3 is 9.80 Å². The molecule has 0 aliphatic carbocycles. The Morgan fingerprint density at radius 3 is 2.57 bits per heavy atom. The molecule has 1 aromatic rings. The Kier molecular flexibility index (Phi) is 4.77. The Hall–Kier alpha value is -2.13. The lowest BCUT2D eigenvalue weighted by Crippen LogP contribution is -2.54. The van der Waals surface area contributed by atoms with Gasteiger partial charge in [0.15, 0.2) is 0 Å². The maximum atomic E-state index is 12.5. The van der Waals surface area contributed by atoms with E-state index < -0.39 is 0 Å². The van der Waals surface area contributed by atoms with Crippen molar-refractivity contribution in [3.63, 3.8) is 0 Å². The van der Waals surface area contributed by atoms with E-state index in [-0.39, 0.29) is 11.9 Å². The summed E-state index contributed by atoms with van der Waals surface area (Å²) in [4.78, 5) is 23.2. The second-order valence-electron chi connectivity index (χ2n) is 6.22. The minimum atomic E-state index is -0.0607. The fourth-order valence-corrected chi connectivity index (χ4v) is 3.42. The minimum Gasteiger partial charge on any atom is -0.353 e. The average Bonchev–Trinajstić information content (AvgIpc) is 3.15. The zero-order valence-corrected chi connectivity index (χ0v) is 13.6. The average molecular weight is 313 g/mol. The Labute approximate surface area is 137 Å². The van der Waals surface area contributed by atoms with E-state index in [1.165, 1.54) is 0 Å². The van der Waals surface area contributed by atoms with Crippen molar-refractivity contribution in [3.8, 4) is 6.07 Å². The molecule has 0 N–H and O–H groups in total. The SMILES string of the molecule is CC(C(=O)N1CCCC1)N1CCN(c2ncccc2C#N)CC1. The van der Waals surface area contributed by atoms with E-state index in [1.807, 2.05) is 11.8 Å². The van der Waals surface area contributed by atoms with Crippen molar-refractivity contribution in [1.29, 1.82) is 5.26 Å². The predicted molar refractivity (Wildman–Crippen MR) is 88.0 cm³/mol. The Bertz CT molecular complexity index is 597. The van der Waals surface area contributed by atoms with Crippen molar-refractivity contribution in [2.75, 3.05) is 44.2 Å². The van der Waals surface area contributed by atoms with Crippen LogP contribution in [-0.4, -0.2) is 66.0 Å². The van der Waals surface area contributed by atoms with Gasteiger partial charge in [-0.05, 0) is 31.9 Å².